The van der Waals surface area contributed by atoms with E-state index in [2.05, 4.69) is 4.98 Å². The maximum absolute atomic E-state index is 13.0. The maximum atomic E-state index is 13.0. The molecule has 1 fully saturated rings. The molecule has 0 saturated heterocycles. The second-order valence-electron chi connectivity index (χ2n) is 8.56. The van der Waals surface area contributed by atoms with Gasteiger partial charge in [0.15, 0.2) is 0 Å². The van der Waals surface area contributed by atoms with E-state index in [1.54, 1.807) is 12.1 Å². The molecule has 3 heterocycles. The van der Waals surface area contributed by atoms with Crippen molar-refractivity contribution in [3.8, 4) is 0 Å². The molecule has 1 aliphatic carbocycles. The van der Waals surface area contributed by atoms with Gasteiger partial charge in [0.05, 0.1) is 22.4 Å². The first kappa shape index (κ1) is 21.1. The second-order valence-corrected chi connectivity index (χ2v) is 8.56. The number of carbonyl (C=O) groups excluding carboxylic acids is 3. The molecule has 0 bridgehead atoms. The number of hydrogen-bond donors (Lipinski definition) is 0. The molecule has 8 nitrogen and oxygen atoms in total. The molecule has 3 aromatic rings. The van der Waals surface area contributed by atoms with E-state index in [9.17, 15) is 19.2 Å². The van der Waals surface area contributed by atoms with E-state index in [1.807, 2.05) is 13.0 Å². The van der Waals surface area contributed by atoms with Gasteiger partial charge in [0.25, 0.3) is 17.4 Å². The maximum Gasteiger partial charge on any atom is 0.338 e. The highest BCUT2D eigenvalue weighted by Gasteiger charge is 2.40. The number of carbonyl (C=O) groups is 3. The molecule has 0 atom stereocenters. The Bertz CT molecular complexity index is 1350. The molecule has 0 N–H and O–H groups in total. The number of rotatable bonds is 4. The summed E-state index contributed by atoms with van der Waals surface area (Å²) in [7, 11) is 0. The van der Waals surface area contributed by atoms with E-state index in [0.29, 0.717) is 16.9 Å². The highest BCUT2D eigenvalue weighted by molar-refractivity contribution is 6.22. The van der Waals surface area contributed by atoms with Gasteiger partial charge in [0, 0.05) is 17.8 Å². The summed E-state index contributed by atoms with van der Waals surface area (Å²) in [5.41, 5.74) is 2.03. The zero-order valence-corrected chi connectivity index (χ0v) is 18.2. The Balaban J connectivity index is 1.34. The Morgan fingerprint density at radius 3 is 2.55 bits per heavy atom. The number of pyridine rings is 1. The van der Waals surface area contributed by atoms with Crippen molar-refractivity contribution in [2.24, 2.45) is 0 Å². The molecule has 5 rings (SSSR count). The lowest BCUT2D eigenvalue weighted by atomic mass is 9.94. The van der Waals surface area contributed by atoms with E-state index in [0.717, 1.165) is 37.8 Å². The van der Waals surface area contributed by atoms with E-state index < -0.39 is 5.97 Å². The quantitative estimate of drug-likeness (QED) is 0.452. The van der Waals surface area contributed by atoms with Crippen LogP contribution in [0.25, 0.3) is 5.65 Å². The fraction of sp³-hybridized carbons (Fsp3) is 0.320. The van der Waals surface area contributed by atoms with Crippen molar-refractivity contribution in [2.45, 2.75) is 51.7 Å². The van der Waals surface area contributed by atoms with Crippen LogP contribution in [0.5, 0.6) is 0 Å². The van der Waals surface area contributed by atoms with E-state index in [1.165, 1.54) is 33.6 Å². The van der Waals surface area contributed by atoms with Crippen LogP contribution in [0.2, 0.25) is 0 Å². The third-order valence-electron chi connectivity index (χ3n) is 6.38. The smallest absolute Gasteiger partial charge is 0.338 e. The molecular weight excluding hydrogens is 422 g/mol. The molecule has 1 aromatic carbocycles. The first-order valence-electron chi connectivity index (χ1n) is 11.1. The van der Waals surface area contributed by atoms with Crippen LogP contribution in [0.3, 0.4) is 0 Å². The number of esters is 1. The lowest BCUT2D eigenvalue weighted by molar-refractivity contribution is 0.0467. The van der Waals surface area contributed by atoms with Gasteiger partial charge in [0.1, 0.15) is 12.3 Å². The average molecular weight is 445 g/mol. The third kappa shape index (κ3) is 3.71. The Labute approximate surface area is 189 Å². The van der Waals surface area contributed by atoms with Crippen molar-refractivity contribution in [1.29, 1.82) is 0 Å². The number of ether oxygens (including phenoxy) is 1. The van der Waals surface area contributed by atoms with Crippen LogP contribution in [0.4, 0.5) is 0 Å². The Morgan fingerprint density at radius 1 is 1.00 bits per heavy atom. The Kier molecular flexibility index (Phi) is 5.28. The molecule has 0 radical (unpaired) electrons. The third-order valence-corrected chi connectivity index (χ3v) is 6.38. The molecule has 168 valence electrons. The van der Waals surface area contributed by atoms with Crippen molar-refractivity contribution < 1.29 is 19.1 Å². The van der Waals surface area contributed by atoms with Crippen LogP contribution in [0.1, 0.15) is 74.6 Å². The Hall–Kier alpha value is -3.81. The topological polar surface area (TPSA) is 98.0 Å². The van der Waals surface area contributed by atoms with Crippen molar-refractivity contribution in [3.63, 3.8) is 0 Å². The monoisotopic (exact) mass is 445 g/mol. The summed E-state index contributed by atoms with van der Waals surface area (Å²) in [6, 6.07) is 11.0. The predicted molar refractivity (Wildman–Crippen MR) is 119 cm³/mol. The Morgan fingerprint density at radius 2 is 1.76 bits per heavy atom. The summed E-state index contributed by atoms with van der Waals surface area (Å²) in [6.45, 7) is 1.63. The highest BCUT2D eigenvalue weighted by atomic mass is 16.5. The SMILES string of the molecule is Cc1cccc2nc(COC(=O)c3ccc4c(c3)C(=O)N(C3CCCCC3)C4=O)cc(=O)n12. The number of imide groups is 1. The van der Waals surface area contributed by atoms with Crippen molar-refractivity contribution in [3.05, 3.63) is 80.9 Å². The predicted octanol–water partition coefficient (Wildman–Crippen LogP) is 3.29. The van der Waals surface area contributed by atoms with E-state index in [4.69, 9.17) is 4.74 Å². The minimum Gasteiger partial charge on any atom is -0.456 e. The van der Waals surface area contributed by atoms with Crippen molar-refractivity contribution in [1.82, 2.24) is 14.3 Å². The van der Waals surface area contributed by atoms with Crippen LogP contribution in [0, 0.1) is 6.92 Å². The van der Waals surface area contributed by atoms with Crippen LogP contribution in [0.15, 0.2) is 47.3 Å². The number of benzene rings is 1. The van der Waals surface area contributed by atoms with Crippen LogP contribution >= 0.6 is 0 Å². The first-order chi connectivity index (χ1) is 15.9. The minimum absolute atomic E-state index is 0.0803. The molecule has 0 unspecified atom stereocenters. The summed E-state index contributed by atoms with van der Waals surface area (Å²) in [6.07, 6.45) is 4.76. The molecule has 0 spiro atoms. The lowest BCUT2D eigenvalue weighted by Crippen LogP contribution is -2.40. The first-order valence-corrected chi connectivity index (χ1v) is 11.1. The summed E-state index contributed by atoms with van der Waals surface area (Å²) in [4.78, 5) is 56.6. The van der Waals surface area contributed by atoms with Gasteiger partial charge in [-0.3, -0.25) is 23.7 Å². The van der Waals surface area contributed by atoms with Gasteiger partial charge >= 0.3 is 5.97 Å². The fourth-order valence-corrected chi connectivity index (χ4v) is 4.72. The molecule has 33 heavy (non-hydrogen) atoms. The summed E-state index contributed by atoms with van der Waals surface area (Å²) >= 11 is 0. The summed E-state index contributed by atoms with van der Waals surface area (Å²) in [5, 5.41) is 0. The molecular formula is C25H23N3O5. The standard InChI is InChI=1S/C25H23N3O5/c1-15-6-5-9-21-26-17(13-22(29)27(15)21)14-33-25(32)16-10-11-19-20(12-16)24(31)28(23(19)30)18-7-3-2-4-8-18/h5-6,9-13,18H,2-4,7-8,14H2,1H3. The van der Waals surface area contributed by atoms with Gasteiger partial charge in [-0.15, -0.1) is 0 Å². The van der Waals surface area contributed by atoms with Crippen LogP contribution in [-0.2, 0) is 11.3 Å². The average Bonchev–Trinajstić information content (AvgIpc) is 3.07. The summed E-state index contributed by atoms with van der Waals surface area (Å²) in [5.74, 6) is -1.30. The zero-order valence-electron chi connectivity index (χ0n) is 18.2. The molecule has 1 aliphatic heterocycles. The highest BCUT2D eigenvalue weighted by Crippen LogP contribution is 2.31. The van der Waals surface area contributed by atoms with Gasteiger partial charge in [-0.2, -0.15) is 0 Å². The number of hydrogen-bond acceptors (Lipinski definition) is 6. The number of aryl methyl sites for hydroxylation is 1. The molecule has 2 aliphatic rings. The normalized spacial score (nSPS) is 16.3. The van der Waals surface area contributed by atoms with Gasteiger partial charge < -0.3 is 4.74 Å². The summed E-state index contributed by atoms with van der Waals surface area (Å²) < 4.78 is 6.83. The second kappa shape index (κ2) is 8.27. The van der Waals surface area contributed by atoms with Gasteiger partial charge in [-0.1, -0.05) is 25.3 Å². The van der Waals surface area contributed by atoms with Gasteiger partial charge in [0.2, 0.25) is 0 Å². The van der Waals surface area contributed by atoms with Crippen molar-refractivity contribution >= 4 is 23.4 Å². The molecule has 8 heteroatoms. The van der Waals surface area contributed by atoms with Crippen LogP contribution in [-0.4, -0.2) is 38.1 Å². The zero-order chi connectivity index (χ0) is 23.1. The van der Waals surface area contributed by atoms with E-state index in [-0.39, 0.29) is 41.1 Å². The van der Waals surface area contributed by atoms with E-state index >= 15 is 0 Å². The number of fused-ring (bicyclic) bond motifs is 2. The number of nitrogens with zero attached hydrogens (tertiary/aromatic N) is 3. The number of amides is 2. The molecule has 2 amide bonds. The fourth-order valence-electron chi connectivity index (χ4n) is 4.72. The van der Waals surface area contributed by atoms with Gasteiger partial charge in [-0.25, -0.2) is 9.78 Å². The lowest BCUT2D eigenvalue weighted by Gasteiger charge is -2.29. The largest absolute Gasteiger partial charge is 0.456 e. The van der Waals surface area contributed by atoms with Gasteiger partial charge in [-0.05, 0) is 50.1 Å². The van der Waals surface area contributed by atoms with Crippen molar-refractivity contribution in [2.75, 3.05) is 0 Å². The molecule has 2 aromatic heterocycles. The molecule has 1 saturated carbocycles. The number of aromatic nitrogens is 2. The minimum atomic E-state index is -0.652. The van der Waals surface area contributed by atoms with Crippen LogP contribution < -0.4 is 5.56 Å².